The summed E-state index contributed by atoms with van der Waals surface area (Å²) >= 11 is 0. The van der Waals surface area contributed by atoms with E-state index in [1.807, 2.05) is 48.5 Å². The molecule has 0 bridgehead atoms. The molecule has 19 aromatic carbocycles. The van der Waals surface area contributed by atoms with Crippen LogP contribution in [0.2, 0.25) is 0 Å². The van der Waals surface area contributed by atoms with Gasteiger partial charge < -0.3 is 0 Å². The Morgan fingerprint density at radius 1 is 0.147 bits per heavy atom. The Balaban J connectivity index is 0.000000149. The summed E-state index contributed by atoms with van der Waals surface area (Å²) in [5.41, 5.74) is 34.8. The molecule has 10 nitrogen and oxygen atoms in total. The van der Waals surface area contributed by atoms with Crippen LogP contribution in [-0.2, 0) is 0 Å². The summed E-state index contributed by atoms with van der Waals surface area (Å²) in [6.45, 7) is 0. The van der Waals surface area contributed by atoms with E-state index in [1.165, 1.54) is 16.7 Å². The molecule has 136 heavy (non-hydrogen) atoms. The average molecular weight is 1740 g/mol. The number of nitrogens with zero attached hydrogens (tertiary/aromatic N) is 10. The van der Waals surface area contributed by atoms with Gasteiger partial charge in [-0.1, -0.05) is 431 Å². The van der Waals surface area contributed by atoms with E-state index >= 15 is 0 Å². The molecular weight excluding hydrogens is 1650 g/mol. The molecule has 0 atom stereocenters. The summed E-state index contributed by atoms with van der Waals surface area (Å²) in [6.07, 6.45) is 0. The topological polar surface area (TPSA) is 113 Å². The molecule has 0 radical (unpaired) electrons. The monoisotopic (exact) mass is 1730 g/mol. The van der Waals surface area contributed by atoms with Crippen molar-refractivity contribution in [1.82, 2.24) is 49.0 Å². The first-order valence-electron chi connectivity index (χ1n) is 45.8. The van der Waals surface area contributed by atoms with Crippen molar-refractivity contribution in [1.29, 1.82) is 0 Å². The van der Waals surface area contributed by atoms with Crippen LogP contribution in [-0.4, -0.2) is 49.0 Å². The molecule has 25 rings (SSSR count). The summed E-state index contributed by atoms with van der Waals surface area (Å²) in [5.74, 6) is 3.16. The van der Waals surface area contributed by atoms with Crippen LogP contribution in [0.15, 0.2) is 497 Å². The number of imidazole rings is 2. The van der Waals surface area contributed by atoms with Crippen molar-refractivity contribution >= 4 is 65.4 Å². The first kappa shape index (κ1) is 80.9. The van der Waals surface area contributed by atoms with E-state index in [2.05, 4.69) is 458 Å². The fourth-order valence-corrected chi connectivity index (χ4v) is 18.9. The highest BCUT2D eigenvalue weighted by molar-refractivity contribution is 6.22. The average Bonchev–Trinajstić information content (AvgIpc) is 1.55. The summed E-state index contributed by atoms with van der Waals surface area (Å²) in [7, 11) is 0. The van der Waals surface area contributed by atoms with E-state index in [0.717, 1.165) is 217 Å². The Morgan fingerprint density at radius 3 is 0.750 bits per heavy atom. The summed E-state index contributed by atoms with van der Waals surface area (Å²) in [5, 5.41) is 6.53. The molecule has 0 fully saturated rings. The van der Waals surface area contributed by atoms with E-state index in [1.54, 1.807) is 0 Å². The van der Waals surface area contributed by atoms with Crippen LogP contribution in [0.25, 0.3) is 246 Å². The SMILES string of the molecule is c1ccc(-c2ccc(-c3cc(-c4ccc(-c5ccc(-c6nc7ccccc7c7ccc8c(nc(-c9ccccc9)n8-c8ccccc8)c67)cc5)cc4)nc(-c4ccc(-c5ccccc5)cc4)n3)cc2)cc1.c1ccc(-c2cccc(-c3cc(-c4ccc(-c5ccc(-c6nc7ccccc7c7ccc8c(nc(-c9ccccc9)n8-c8ccccc8)c67)cc5)cc4)nc(-c4ccccc4)n3)c2)cc1. The Morgan fingerprint density at radius 2 is 0.397 bits per heavy atom. The molecule has 0 unspecified atom stereocenters. The Bertz CT molecular complexity index is 8610. The fourth-order valence-electron chi connectivity index (χ4n) is 18.9. The van der Waals surface area contributed by atoms with Crippen molar-refractivity contribution < 1.29 is 0 Å². The number of rotatable bonds is 17. The summed E-state index contributed by atoms with van der Waals surface area (Å²) in [6, 6.07) is 174. The summed E-state index contributed by atoms with van der Waals surface area (Å²) in [4.78, 5) is 42.3. The molecule has 0 N–H and O–H groups in total. The zero-order valence-corrected chi connectivity index (χ0v) is 73.8. The molecule has 0 saturated heterocycles. The lowest BCUT2D eigenvalue weighted by Crippen LogP contribution is -1.97. The second-order valence-corrected chi connectivity index (χ2v) is 34.0. The van der Waals surface area contributed by atoms with Gasteiger partial charge in [-0.3, -0.25) is 9.13 Å². The quantitative estimate of drug-likeness (QED) is 0.0829. The Hall–Kier alpha value is -18.4. The third-order valence-electron chi connectivity index (χ3n) is 25.7. The molecule has 0 aliphatic carbocycles. The number of benzene rings is 19. The van der Waals surface area contributed by atoms with Crippen molar-refractivity contribution in [3.8, 4) is 180 Å². The van der Waals surface area contributed by atoms with Gasteiger partial charge in [-0.15, -0.1) is 0 Å². The molecule has 25 aromatic rings. The zero-order chi connectivity index (χ0) is 90.2. The van der Waals surface area contributed by atoms with E-state index in [4.69, 9.17) is 39.9 Å². The van der Waals surface area contributed by atoms with Crippen LogP contribution in [0.1, 0.15) is 0 Å². The van der Waals surface area contributed by atoms with Gasteiger partial charge in [-0.25, -0.2) is 39.9 Å². The number of para-hydroxylation sites is 4. The van der Waals surface area contributed by atoms with Crippen LogP contribution < -0.4 is 0 Å². The van der Waals surface area contributed by atoms with Crippen molar-refractivity contribution in [2.75, 3.05) is 0 Å². The minimum Gasteiger partial charge on any atom is -0.292 e. The molecule has 6 aromatic heterocycles. The Kier molecular flexibility index (Phi) is 21.1. The normalized spacial score (nSPS) is 11.4. The van der Waals surface area contributed by atoms with E-state index in [0.29, 0.717) is 11.6 Å². The van der Waals surface area contributed by atoms with Crippen LogP contribution >= 0.6 is 0 Å². The van der Waals surface area contributed by atoms with Crippen molar-refractivity contribution in [2.24, 2.45) is 0 Å². The van der Waals surface area contributed by atoms with Crippen LogP contribution in [0.5, 0.6) is 0 Å². The van der Waals surface area contributed by atoms with Gasteiger partial charge in [0, 0.05) is 88.6 Å². The molecule has 0 aliphatic rings. The lowest BCUT2D eigenvalue weighted by Gasteiger charge is -2.13. The molecule has 6 heterocycles. The maximum Gasteiger partial charge on any atom is 0.160 e. The third-order valence-corrected chi connectivity index (χ3v) is 25.7. The van der Waals surface area contributed by atoms with E-state index < -0.39 is 0 Å². The van der Waals surface area contributed by atoms with Crippen molar-refractivity contribution in [3.63, 3.8) is 0 Å². The molecule has 636 valence electrons. The Labute approximate surface area is 786 Å². The zero-order valence-electron chi connectivity index (χ0n) is 73.8. The molecule has 0 aliphatic heterocycles. The minimum absolute atomic E-state index is 0.680. The highest BCUT2D eigenvalue weighted by Crippen LogP contribution is 2.45. The van der Waals surface area contributed by atoms with Crippen LogP contribution in [0, 0.1) is 0 Å². The number of hydrogen-bond acceptors (Lipinski definition) is 8. The molecule has 0 spiro atoms. The van der Waals surface area contributed by atoms with Gasteiger partial charge in [0.15, 0.2) is 11.6 Å². The third kappa shape index (κ3) is 15.6. The predicted molar refractivity (Wildman–Crippen MR) is 560 cm³/mol. The van der Waals surface area contributed by atoms with Crippen molar-refractivity contribution in [2.45, 2.75) is 0 Å². The minimum atomic E-state index is 0.680. The van der Waals surface area contributed by atoms with Gasteiger partial charge in [0.25, 0.3) is 0 Å². The number of pyridine rings is 2. The second-order valence-electron chi connectivity index (χ2n) is 34.0. The van der Waals surface area contributed by atoms with Gasteiger partial charge in [0.2, 0.25) is 0 Å². The fraction of sp³-hybridized carbons (Fsp3) is 0. The largest absolute Gasteiger partial charge is 0.292 e. The standard InChI is InChI=1S/C66H43N5.C60H39N5/c1-5-15-44(16-6-1)46-25-33-50(34-26-46)59-43-60(69-65(68-59)53-39-31-47(32-40-53)45-17-7-2-8-18-45)51-35-27-48(28-36-51)49-29-37-52(38-30-49)63-62-57(56-23-13-14-24-58(56)67-63)41-42-61-64(62)70-66(54-19-9-3-10-20-54)71(61)55-21-11-4-12-22-55;1-5-16-40(17-6-1)47-22-15-23-48(38-47)54-39-53(62-59(63-54)45-18-7-2-8-19-45)43-32-28-41(29-33-43)42-30-34-44(35-31-42)57-56-51(50-26-13-14-27-52(50)61-57)36-37-55-58(56)64-60(46-20-9-3-10-21-46)65(55)49-24-11-4-12-25-49/h1-43H;1-39H. The van der Waals surface area contributed by atoms with E-state index in [-0.39, 0.29) is 0 Å². The maximum absolute atomic E-state index is 5.47. The molecule has 0 saturated carbocycles. The second kappa shape index (κ2) is 35.5. The summed E-state index contributed by atoms with van der Waals surface area (Å²) < 4.78 is 4.54. The molecular formula is C126H82N10. The van der Waals surface area contributed by atoms with Gasteiger partial charge in [0.05, 0.1) is 67.3 Å². The predicted octanol–water partition coefficient (Wildman–Crippen LogP) is 32.0. The highest BCUT2D eigenvalue weighted by atomic mass is 15.1. The number of aromatic nitrogens is 10. The smallest absolute Gasteiger partial charge is 0.160 e. The highest BCUT2D eigenvalue weighted by Gasteiger charge is 2.25. The van der Waals surface area contributed by atoms with Gasteiger partial charge in [-0.2, -0.15) is 0 Å². The van der Waals surface area contributed by atoms with Crippen molar-refractivity contribution in [3.05, 3.63) is 497 Å². The van der Waals surface area contributed by atoms with E-state index in [9.17, 15) is 0 Å². The first-order chi connectivity index (χ1) is 67.4. The first-order valence-corrected chi connectivity index (χ1v) is 45.8. The molecule has 10 heteroatoms. The number of fused-ring (bicyclic) bond motifs is 10. The van der Waals surface area contributed by atoms with Gasteiger partial charge >= 0.3 is 0 Å². The lowest BCUT2D eigenvalue weighted by atomic mass is 9.96. The maximum atomic E-state index is 5.47. The lowest BCUT2D eigenvalue weighted by molar-refractivity contribution is 1.10. The number of hydrogen-bond donors (Lipinski definition) is 0. The molecule has 0 amide bonds. The van der Waals surface area contributed by atoms with Gasteiger partial charge in [0.1, 0.15) is 11.6 Å². The van der Waals surface area contributed by atoms with Gasteiger partial charge in [-0.05, 0) is 133 Å². The van der Waals surface area contributed by atoms with Crippen LogP contribution in [0.3, 0.4) is 0 Å². The van der Waals surface area contributed by atoms with Crippen LogP contribution in [0.4, 0.5) is 0 Å².